The normalized spacial score (nSPS) is 11.2. The van der Waals surface area contributed by atoms with E-state index in [9.17, 15) is 4.39 Å². The van der Waals surface area contributed by atoms with Gasteiger partial charge in [-0.05, 0) is 24.3 Å². The van der Waals surface area contributed by atoms with Crippen LogP contribution in [0.25, 0.3) is 0 Å². The maximum Gasteiger partial charge on any atom is 0.218 e. The van der Waals surface area contributed by atoms with Crippen LogP contribution in [-0.2, 0) is 0 Å². The van der Waals surface area contributed by atoms with Crippen LogP contribution in [0.4, 0.5) is 15.8 Å². The van der Waals surface area contributed by atoms with Gasteiger partial charge in [-0.1, -0.05) is 30.3 Å². The number of nitrogens with two attached hydrogens (primary N) is 1. The molecule has 2 aromatic carbocycles. The summed E-state index contributed by atoms with van der Waals surface area (Å²) in [5.74, 6) is 5.49. The number of anilines is 1. The zero-order chi connectivity index (χ0) is 13.7. The largest absolute Gasteiger partial charge is 0.312 e. The molecule has 0 aliphatic rings. The van der Waals surface area contributed by atoms with E-state index >= 15 is 0 Å². The van der Waals surface area contributed by atoms with Crippen molar-refractivity contribution in [2.24, 2.45) is 10.8 Å². The third-order valence-electron chi connectivity index (χ3n) is 2.65. The topological polar surface area (TPSA) is 53.6 Å². The number of hydrogen-bond donors (Lipinski definition) is 2. The highest BCUT2D eigenvalue weighted by atomic mass is 19.1. The zero-order valence-electron chi connectivity index (χ0n) is 10.5. The Labute approximate surface area is 111 Å². The monoisotopic (exact) mass is 258 g/mol. The maximum absolute atomic E-state index is 13.7. The van der Waals surface area contributed by atoms with Crippen LogP contribution in [0.1, 0.15) is 0 Å². The summed E-state index contributed by atoms with van der Waals surface area (Å²) in [6, 6.07) is 15.8. The summed E-state index contributed by atoms with van der Waals surface area (Å²) in [5, 5.41) is 0. The third kappa shape index (κ3) is 3.08. The molecule has 0 aliphatic heterocycles. The highest BCUT2D eigenvalue weighted by Crippen LogP contribution is 2.18. The van der Waals surface area contributed by atoms with Crippen molar-refractivity contribution >= 4 is 17.3 Å². The molecular weight excluding hydrogens is 243 g/mol. The van der Waals surface area contributed by atoms with E-state index in [0.29, 0.717) is 11.6 Å². The molecule has 19 heavy (non-hydrogen) atoms. The van der Waals surface area contributed by atoms with Crippen molar-refractivity contribution in [3.8, 4) is 0 Å². The Bertz CT molecular complexity index is 569. The summed E-state index contributed by atoms with van der Waals surface area (Å²) in [7, 11) is 1.69. The first-order chi connectivity index (χ1) is 9.22. The number of rotatable bonds is 2. The van der Waals surface area contributed by atoms with E-state index in [1.165, 1.54) is 6.07 Å². The molecule has 5 heteroatoms. The van der Waals surface area contributed by atoms with Crippen molar-refractivity contribution in [1.29, 1.82) is 0 Å². The first-order valence-electron chi connectivity index (χ1n) is 5.81. The van der Waals surface area contributed by atoms with Gasteiger partial charge in [0.2, 0.25) is 5.96 Å². The lowest BCUT2D eigenvalue weighted by Gasteiger charge is -2.21. The molecular formula is C14H15FN4. The average Bonchev–Trinajstić information content (AvgIpc) is 2.46. The van der Waals surface area contributed by atoms with Gasteiger partial charge < -0.3 is 4.90 Å². The fraction of sp³-hybridized carbons (Fsp3) is 0.0714. The fourth-order valence-corrected chi connectivity index (χ4v) is 1.67. The van der Waals surface area contributed by atoms with E-state index < -0.39 is 0 Å². The number of hydrogen-bond acceptors (Lipinski definition) is 2. The smallest absolute Gasteiger partial charge is 0.218 e. The van der Waals surface area contributed by atoms with Gasteiger partial charge in [-0.2, -0.15) is 0 Å². The molecule has 0 atom stereocenters. The molecule has 0 spiro atoms. The van der Waals surface area contributed by atoms with E-state index in [1.54, 1.807) is 30.1 Å². The molecule has 0 aromatic heterocycles. The Morgan fingerprint density at radius 2 is 1.74 bits per heavy atom. The van der Waals surface area contributed by atoms with Crippen LogP contribution in [0, 0.1) is 5.82 Å². The molecule has 98 valence electrons. The zero-order valence-corrected chi connectivity index (χ0v) is 10.5. The Hall–Kier alpha value is -2.40. The Morgan fingerprint density at radius 3 is 2.37 bits per heavy atom. The fourth-order valence-electron chi connectivity index (χ4n) is 1.67. The van der Waals surface area contributed by atoms with Crippen LogP contribution < -0.4 is 16.2 Å². The van der Waals surface area contributed by atoms with Gasteiger partial charge in [-0.15, -0.1) is 0 Å². The van der Waals surface area contributed by atoms with E-state index in [2.05, 4.69) is 10.4 Å². The number of para-hydroxylation sites is 2. The second kappa shape index (κ2) is 5.97. The van der Waals surface area contributed by atoms with Gasteiger partial charge in [0.15, 0.2) is 0 Å². The lowest BCUT2D eigenvalue weighted by atomic mass is 10.3. The van der Waals surface area contributed by atoms with Crippen LogP contribution in [0.15, 0.2) is 59.6 Å². The van der Waals surface area contributed by atoms with Crippen LogP contribution in [0.2, 0.25) is 0 Å². The number of hydrazine groups is 1. The highest BCUT2D eigenvalue weighted by Gasteiger charge is 2.11. The summed E-state index contributed by atoms with van der Waals surface area (Å²) < 4.78 is 13.7. The number of aliphatic imine (C=N–C) groups is 1. The number of benzene rings is 2. The van der Waals surface area contributed by atoms with Gasteiger partial charge in [0, 0.05) is 7.05 Å². The van der Waals surface area contributed by atoms with Crippen molar-refractivity contribution in [1.82, 2.24) is 5.43 Å². The molecule has 0 heterocycles. The number of nitrogens with zero attached hydrogens (tertiary/aromatic N) is 2. The van der Waals surface area contributed by atoms with Crippen LogP contribution in [0.3, 0.4) is 0 Å². The predicted octanol–water partition coefficient (Wildman–Crippen LogP) is 2.41. The Kier molecular flexibility index (Phi) is 4.10. The predicted molar refractivity (Wildman–Crippen MR) is 75.7 cm³/mol. The number of guanidine groups is 1. The first-order valence-corrected chi connectivity index (χ1v) is 5.81. The maximum atomic E-state index is 13.7. The van der Waals surface area contributed by atoms with Gasteiger partial charge in [0.05, 0.1) is 11.4 Å². The molecule has 0 bridgehead atoms. The summed E-state index contributed by atoms with van der Waals surface area (Å²) in [5.41, 5.74) is 3.62. The molecule has 0 fully saturated rings. The van der Waals surface area contributed by atoms with Crippen molar-refractivity contribution < 1.29 is 4.39 Å². The van der Waals surface area contributed by atoms with Crippen molar-refractivity contribution in [3.05, 3.63) is 60.4 Å². The molecule has 0 amide bonds. The second-order valence-electron chi connectivity index (χ2n) is 3.93. The summed E-state index contributed by atoms with van der Waals surface area (Å²) in [4.78, 5) is 5.89. The van der Waals surface area contributed by atoms with Crippen molar-refractivity contribution in [2.45, 2.75) is 0 Å². The molecule has 2 rings (SSSR count). The molecule has 2 aromatic rings. The second-order valence-corrected chi connectivity index (χ2v) is 3.93. The van der Waals surface area contributed by atoms with E-state index in [4.69, 9.17) is 5.84 Å². The Morgan fingerprint density at radius 1 is 1.11 bits per heavy atom. The minimum Gasteiger partial charge on any atom is -0.312 e. The molecule has 0 radical (unpaired) electrons. The molecule has 0 saturated heterocycles. The minimum atomic E-state index is -0.332. The number of nitrogens with one attached hydrogen (secondary N) is 1. The SMILES string of the molecule is CN(C(=Nc1ccccc1)NN)c1ccccc1F. The van der Waals surface area contributed by atoms with E-state index in [0.717, 1.165) is 5.69 Å². The lowest BCUT2D eigenvalue weighted by molar-refractivity contribution is 0.628. The number of halogens is 1. The summed E-state index contributed by atoms with van der Waals surface area (Å²) >= 11 is 0. The highest BCUT2D eigenvalue weighted by molar-refractivity contribution is 5.96. The van der Waals surface area contributed by atoms with Gasteiger partial charge in [-0.3, -0.25) is 5.43 Å². The van der Waals surface area contributed by atoms with Gasteiger partial charge in [-0.25, -0.2) is 15.2 Å². The molecule has 0 saturated carbocycles. The van der Waals surface area contributed by atoms with Crippen LogP contribution >= 0.6 is 0 Å². The summed E-state index contributed by atoms with van der Waals surface area (Å²) in [6.45, 7) is 0. The molecule has 0 unspecified atom stereocenters. The van der Waals surface area contributed by atoms with Crippen molar-refractivity contribution in [2.75, 3.05) is 11.9 Å². The molecule has 0 aliphatic carbocycles. The van der Waals surface area contributed by atoms with Crippen molar-refractivity contribution in [3.63, 3.8) is 0 Å². The third-order valence-corrected chi connectivity index (χ3v) is 2.65. The Balaban J connectivity index is 2.33. The van der Waals surface area contributed by atoms with Crippen LogP contribution in [-0.4, -0.2) is 13.0 Å². The van der Waals surface area contributed by atoms with Crippen LogP contribution in [0.5, 0.6) is 0 Å². The van der Waals surface area contributed by atoms with Gasteiger partial charge in [0.25, 0.3) is 0 Å². The average molecular weight is 258 g/mol. The molecule has 3 N–H and O–H groups in total. The summed E-state index contributed by atoms with van der Waals surface area (Å²) in [6.07, 6.45) is 0. The first kappa shape index (κ1) is 13.0. The van der Waals surface area contributed by atoms with Gasteiger partial charge in [0.1, 0.15) is 5.82 Å². The lowest BCUT2D eigenvalue weighted by Crippen LogP contribution is -2.43. The van der Waals surface area contributed by atoms with E-state index in [1.807, 2.05) is 30.3 Å². The minimum absolute atomic E-state index is 0.332. The van der Waals surface area contributed by atoms with Gasteiger partial charge >= 0.3 is 0 Å². The molecule has 4 nitrogen and oxygen atoms in total. The quantitative estimate of drug-likeness (QED) is 0.376. The van der Waals surface area contributed by atoms with E-state index in [-0.39, 0.29) is 5.82 Å². The standard InChI is InChI=1S/C14H15FN4/c1-19(13-10-6-5-9-12(13)15)14(18-16)17-11-7-3-2-4-8-11/h2-10H,16H2,1H3,(H,17,18).